The maximum atomic E-state index is 10.1. The van der Waals surface area contributed by atoms with Crippen LogP contribution in [0.1, 0.15) is 18.1 Å². The SMILES string of the molecule is CCc1ccccc1C#CC(=O)[O-]. The number of rotatable bonds is 1. The van der Waals surface area contributed by atoms with Crippen molar-refractivity contribution in [2.45, 2.75) is 13.3 Å². The van der Waals surface area contributed by atoms with Gasteiger partial charge in [-0.1, -0.05) is 31.0 Å². The number of aliphatic carboxylic acids is 1. The highest BCUT2D eigenvalue weighted by Gasteiger charge is 1.93. The zero-order valence-corrected chi connectivity index (χ0v) is 7.33. The lowest BCUT2D eigenvalue weighted by Crippen LogP contribution is -2.19. The maximum Gasteiger partial charge on any atom is 0.116 e. The zero-order chi connectivity index (χ0) is 9.68. The minimum atomic E-state index is -1.34. The molecule has 2 nitrogen and oxygen atoms in total. The first-order chi connectivity index (χ1) is 6.24. The van der Waals surface area contributed by atoms with E-state index in [0.29, 0.717) is 0 Å². The lowest BCUT2D eigenvalue weighted by molar-refractivity contribution is -0.295. The molecule has 1 aromatic rings. The van der Waals surface area contributed by atoms with Gasteiger partial charge in [0.2, 0.25) is 0 Å². The average molecular weight is 173 g/mol. The maximum absolute atomic E-state index is 10.1. The van der Waals surface area contributed by atoms with E-state index >= 15 is 0 Å². The van der Waals surface area contributed by atoms with Gasteiger partial charge in [0.25, 0.3) is 0 Å². The summed E-state index contributed by atoms with van der Waals surface area (Å²) in [5, 5.41) is 10.1. The second-order valence-electron chi connectivity index (χ2n) is 2.55. The van der Waals surface area contributed by atoms with Crippen molar-refractivity contribution in [3.8, 4) is 11.8 Å². The van der Waals surface area contributed by atoms with E-state index < -0.39 is 5.97 Å². The van der Waals surface area contributed by atoms with Crippen LogP contribution >= 0.6 is 0 Å². The molecule has 0 amide bonds. The molecular weight excluding hydrogens is 164 g/mol. The first kappa shape index (κ1) is 9.34. The minimum Gasteiger partial charge on any atom is -0.537 e. The van der Waals surface area contributed by atoms with Gasteiger partial charge >= 0.3 is 0 Å². The molecule has 0 radical (unpaired) electrons. The molecule has 0 saturated heterocycles. The van der Waals surface area contributed by atoms with Crippen LogP contribution in [-0.2, 0) is 11.2 Å². The van der Waals surface area contributed by atoms with Gasteiger partial charge in [0.15, 0.2) is 0 Å². The Hall–Kier alpha value is -1.75. The molecule has 0 aliphatic heterocycles. The van der Waals surface area contributed by atoms with Crippen molar-refractivity contribution in [3.63, 3.8) is 0 Å². The highest BCUT2D eigenvalue weighted by molar-refractivity contribution is 5.85. The molecule has 66 valence electrons. The largest absolute Gasteiger partial charge is 0.537 e. The van der Waals surface area contributed by atoms with Crippen LogP contribution in [0, 0.1) is 11.8 Å². The first-order valence-corrected chi connectivity index (χ1v) is 4.05. The number of hydrogen-bond donors (Lipinski definition) is 0. The van der Waals surface area contributed by atoms with Crippen molar-refractivity contribution < 1.29 is 9.90 Å². The number of carboxylic acids is 1. The van der Waals surface area contributed by atoms with Crippen LogP contribution < -0.4 is 5.11 Å². The van der Waals surface area contributed by atoms with Crippen LogP contribution in [-0.4, -0.2) is 5.97 Å². The van der Waals surface area contributed by atoms with Gasteiger partial charge in [-0.25, -0.2) is 0 Å². The third-order valence-corrected chi connectivity index (χ3v) is 1.70. The normalized spacial score (nSPS) is 8.69. The Morgan fingerprint density at radius 3 is 2.77 bits per heavy atom. The average Bonchev–Trinajstić information content (AvgIpc) is 2.15. The molecule has 0 unspecified atom stereocenters. The molecule has 1 rings (SSSR count). The lowest BCUT2D eigenvalue weighted by atomic mass is 10.1. The number of carbonyl (C=O) groups is 1. The van der Waals surface area contributed by atoms with Gasteiger partial charge in [-0.2, -0.15) is 0 Å². The second kappa shape index (κ2) is 4.32. The molecule has 0 aromatic heterocycles. The molecule has 0 bridgehead atoms. The van der Waals surface area contributed by atoms with Gasteiger partial charge < -0.3 is 9.90 Å². The van der Waals surface area contributed by atoms with Crippen LogP contribution in [0.4, 0.5) is 0 Å². The van der Waals surface area contributed by atoms with Crippen molar-refractivity contribution in [1.82, 2.24) is 0 Å². The third-order valence-electron chi connectivity index (χ3n) is 1.70. The number of aryl methyl sites for hydroxylation is 1. The number of benzene rings is 1. The van der Waals surface area contributed by atoms with Gasteiger partial charge in [-0.3, -0.25) is 0 Å². The summed E-state index contributed by atoms with van der Waals surface area (Å²) in [7, 11) is 0. The predicted octanol–water partition coefficient (Wildman–Crippen LogP) is 0.350. The van der Waals surface area contributed by atoms with Crippen LogP contribution in [0.2, 0.25) is 0 Å². The van der Waals surface area contributed by atoms with Crippen LogP contribution in [0.3, 0.4) is 0 Å². The Morgan fingerprint density at radius 1 is 1.46 bits per heavy atom. The van der Waals surface area contributed by atoms with Crippen LogP contribution in [0.25, 0.3) is 0 Å². The predicted molar refractivity (Wildman–Crippen MR) is 47.7 cm³/mol. The number of carboxylic acid groups (broad SMARTS) is 1. The Kier molecular flexibility index (Phi) is 3.10. The molecule has 0 aliphatic carbocycles. The molecule has 0 aliphatic rings. The Balaban J connectivity index is 3.02. The highest BCUT2D eigenvalue weighted by Crippen LogP contribution is 2.06. The third kappa shape index (κ3) is 2.64. The summed E-state index contributed by atoms with van der Waals surface area (Å²) in [6.45, 7) is 2.00. The van der Waals surface area contributed by atoms with E-state index in [1.165, 1.54) is 0 Å². The fourth-order valence-corrected chi connectivity index (χ4v) is 1.07. The van der Waals surface area contributed by atoms with E-state index in [1.807, 2.05) is 31.0 Å². The van der Waals surface area contributed by atoms with Crippen molar-refractivity contribution in [1.29, 1.82) is 0 Å². The Bertz CT molecular complexity index is 369. The summed E-state index contributed by atoms with van der Waals surface area (Å²) in [6, 6.07) is 7.47. The quantitative estimate of drug-likeness (QED) is 0.575. The highest BCUT2D eigenvalue weighted by atomic mass is 16.4. The van der Waals surface area contributed by atoms with E-state index in [1.54, 1.807) is 6.07 Å². The standard InChI is InChI=1S/C11H10O2/c1-2-9-5-3-4-6-10(9)7-8-11(12)13/h3-6H,2H2,1H3,(H,12,13)/p-1. The van der Waals surface area contributed by atoms with E-state index in [0.717, 1.165) is 17.5 Å². The summed E-state index contributed by atoms with van der Waals surface area (Å²) < 4.78 is 0. The van der Waals surface area contributed by atoms with Crippen molar-refractivity contribution in [3.05, 3.63) is 35.4 Å². The van der Waals surface area contributed by atoms with Crippen molar-refractivity contribution >= 4 is 5.97 Å². The summed E-state index contributed by atoms with van der Waals surface area (Å²) in [5.74, 6) is 3.20. The van der Waals surface area contributed by atoms with Gasteiger partial charge in [-0.15, -0.1) is 0 Å². The fourth-order valence-electron chi connectivity index (χ4n) is 1.07. The Morgan fingerprint density at radius 2 is 2.15 bits per heavy atom. The van der Waals surface area contributed by atoms with Gasteiger partial charge in [0.05, 0.1) is 0 Å². The molecule has 0 spiro atoms. The molecule has 0 N–H and O–H groups in total. The van der Waals surface area contributed by atoms with E-state index in [2.05, 4.69) is 5.92 Å². The monoisotopic (exact) mass is 173 g/mol. The summed E-state index contributed by atoms with van der Waals surface area (Å²) >= 11 is 0. The number of carbonyl (C=O) groups excluding carboxylic acids is 1. The Labute approximate surface area is 77.2 Å². The summed E-state index contributed by atoms with van der Waals surface area (Å²) in [6.07, 6.45) is 0.845. The van der Waals surface area contributed by atoms with E-state index in [4.69, 9.17) is 0 Å². The van der Waals surface area contributed by atoms with Gasteiger partial charge in [0, 0.05) is 5.56 Å². The molecule has 13 heavy (non-hydrogen) atoms. The molecular formula is C11H9O2-. The van der Waals surface area contributed by atoms with E-state index in [-0.39, 0.29) is 0 Å². The van der Waals surface area contributed by atoms with Crippen LogP contribution in [0.15, 0.2) is 24.3 Å². The summed E-state index contributed by atoms with van der Waals surface area (Å²) in [4.78, 5) is 10.1. The van der Waals surface area contributed by atoms with Gasteiger partial charge in [0.1, 0.15) is 5.97 Å². The van der Waals surface area contributed by atoms with Gasteiger partial charge in [-0.05, 0) is 24.0 Å². The summed E-state index contributed by atoms with van der Waals surface area (Å²) in [5.41, 5.74) is 1.81. The first-order valence-electron chi connectivity index (χ1n) is 4.05. The topological polar surface area (TPSA) is 40.1 Å². The van der Waals surface area contributed by atoms with E-state index in [9.17, 15) is 9.90 Å². The number of hydrogen-bond acceptors (Lipinski definition) is 2. The molecule has 0 heterocycles. The molecule has 0 atom stereocenters. The molecule has 2 heteroatoms. The van der Waals surface area contributed by atoms with Crippen molar-refractivity contribution in [2.24, 2.45) is 0 Å². The smallest absolute Gasteiger partial charge is 0.116 e. The van der Waals surface area contributed by atoms with Crippen LogP contribution in [0.5, 0.6) is 0 Å². The molecule has 0 fully saturated rings. The molecule has 0 saturated carbocycles. The minimum absolute atomic E-state index is 0.759. The second-order valence-corrected chi connectivity index (χ2v) is 2.55. The molecule has 1 aromatic carbocycles. The zero-order valence-electron chi connectivity index (χ0n) is 7.33. The van der Waals surface area contributed by atoms with Crippen molar-refractivity contribution in [2.75, 3.05) is 0 Å². The lowest BCUT2D eigenvalue weighted by Gasteiger charge is -1.98. The fraction of sp³-hybridized carbons (Fsp3) is 0.182.